The highest BCUT2D eigenvalue weighted by Gasteiger charge is 2.12. The Hall–Kier alpha value is -2.04. The van der Waals surface area contributed by atoms with Crippen molar-refractivity contribution in [3.63, 3.8) is 0 Å². The zero-order valence-corrected chi connectivity index (χ0v) is 14.4. The minimum absolute atomic E-state index is 0.0591. The van der Waals surface area contributed by atoms with Gasteiger partial charge in [-0.1, -0.05) is 29.8 Å². The van der Waals surface area contributed by atoms with Gasteiger partial charge in [-0.25, -0.2) is 0 Å². The van der Waals surface area contributed by atoms with Gasteiger partial charge in [0.1, 0.15) is 12.3 Å². The number of likely N-dealkylation sites (N-methyl/N-ethyl adjacent to an activating group) is 1. The number of anilines is 1. The number of halogens is 1. The number of hydrogen-bond donors (Lipinski definition) is 2. The number of amides is 1. The maximum Gasteiger partial charge on any atom is 0.279 e. The lowest BCUT2D eigenvalue weighted by atomic mass is 10.2. The van der Waals surface area contributed by atoms with Gasteiger partial charge in [0.05, 0.1) is 24.9 Å². The quantitative estimate of drug-likeness (QED) is 0.852. The predicted molar refractivity (Wildman–Crippen MR) is 93.3 cm³/mol. The number of hydrogen-bond acceptors (Lipinski definition) is 2. The predicted octanol–water partition coefficient (Wildman–Crippen LogP) is 2.31. The Labute approximate surface area is 142 Å². The third-order valence-corrected chi connectivity index (χ3v) is 3.81. The molecule has 0 aliphatic carbocycles. The molecule has 122 valence electrons. The molecule has 0 aliphatic rings. The normalized spacial score (nSPS) is 11.8. The summed E-state index contributed by atoms with van der Waals surface area (Å²) >= 11 is 6.14. The van der Waals surface area contributed by atoms with E-state index in [2.05, 4.69) is 5.32 Å². The number of methoxy groups -OCH3 is 1. The fourth-order valence-electron chi connectivity index (χ4n) is 2.38. The molecule has 4 nitrogen and oxygen atoms in total. The largest absolute Gasteiger partial charge is 0.497 e. The highest BCUT2D eigenvalue weighted by molar-refractivity contribution is 6.33. The van der Waals surface area contributed by atoms with E-state index in [0.717, 1.165) is 28.3 Å². The Bertz CT molecular complexity index is 688. The molecule has 0 aromatic heterocycles. The Morgan fingerprint density at radius 2 is 2.04 bits per heavy atom. The average Bonchev–Trinajstić information content (AvgIpc) is 2.50. The first kappa shape index (κ1) is 17.3. The first-order valence-electron chi connectivity index (χ1n) is 7.48. The third kappa shape index (κ3) is 5.27. The number of ether oxygens (including phenoxy) is 1. The molecular weight excluding hydrogens is 312 g/mol. The Balaban J connectivity index is 1.91. The Morgan fingerprint density at radius 1 is 1.26 bits per heavy atom. The zero-order chi connectivity index (χ0) is 16.8. The molecule has 1 amide bonds. The van der Waals surface area contributed by atoms with Gasteiger partial charge in [0.25, 0.3) is 5.91 Å². The van der Waals surface area contributed by atoms with Crippen molar-refractivity contribution in [1.29, 1.82) is 0 Å². The van der Waals surface area contributed by atoms with Crippen LogP contribution in [0.15, 0.2) is 42.5 Å². The lowest BCUT2D eigenvalue weighted by molar-refractivity contribution is -0.885. The van der Waals surface area contributed by atoms with Crippen molar-refractivity contribution in [2.75, 3.05) is 26.0 Å². The van der Waals surface area contributed by atoms with Crippen LogP contribution in [-0.4, -0.2) is 26.6 Å². The number of aryl methyl sites for hydroxylation is 1. The first-order valence-corrected chi connectivity index (χ1v) is 7.86. The summed E-state index contributed by atoms with van der Waals surface area (Å²) in [6.07, 6.45) is 0. The minimum atomic E-state index is -0.0591. The summed E-state index contributed by atoms with van der Waals surface area (Å²) in [5, 5.41) is 3.42. The molecule has 0 saturated heterocycles. The molecule has 2 aromatic carbocycles. The van der Waals surface area contributed by atoms with Crippen molar-refractivity contribution in [2.24, 2.45) is 0 Å². The van der Waals surface area contributed by atoms with E-state index < -0.39 is 0 Å². The molecule has 0 aliphatic heterocycles. The molecule has 0 bridgehead atoms. The molecule has 2 aromatic rings. The zero-order valence-electron chi connectivity index (χ0n) is 13.7. The summed E-state index contributed by atoms with van der Waals surface area (Å²) in [6.45, 7) is 3.07. The molecule has 0 radical (unpaired) electrons. The fraction of sp³-hybridized carbons (Fsp3) is 0.278. The van der Waals surface area contributed by atoms with Crippen LogP contribution >= 0.6 is 11.6 Å². The van der Waals surface area contributed by atoms with Crippen LogP contribution in [0.2, 0.25) is 5.02 Å². The molecule has 0 fully saturated rings. The number of carbonyl (C=O) groups excluding carboxylic acids is 1. The van der Waals surface area contributed by atoms with E-state index in [1.807, 2.05) is 56.4 Å². The molecule has 2 N–H and O–H groups in total. The number of nitrogens with one attached hydrogen (secondary N) is 2. The maximum atomic E-state index is 12.2. The van der Waals surface area contributed by atoms with E-state index in [4.69, 9.17) is 16.3 Å². The smallest absolute Gasteiger partial charge is 0.279 e. The van der Waals surface area contributed by atoms with Gasteiger partial charge in [0.2, 0.25) is 0 Å². The standard InChI is InChI=1S/C18H21ClN2O2/c1-13-7-8-17(16(19)9-13)20-18(22)12-21(2)11-14-5-4-6-15(10-14)23-3/h4-10H,11-12H2,1-3H3,(H,20,22)/p+1. The molecule has 0 heterocycles. The molecule has 2 rings (SSSR count). The highest BCUT2D eigenvalue weighted by Crippen LogP contribution is 2.22. The van der Waals surface area contributed by atoms with Crippen LogP contribution in [0.3, 0.4) is 0 Å². The number of carbonyl (C=O) groups is 1. The number of quaternary nitrogens is 1. The van der Waals surface area contributed by atoms with Gasteiger partial charge in [-0.3, -0.25) is 4.79 Å². The van der Waals surface area contributed by atoms with Gasteiger partial charge in [-0.2, -0.15) is 0 Å². The van der Waals surface area contributed by atoms with Crippen LogP contribution in [0.4, 0.5) is 5.69 Å². The van der Waals surface area contributed by atoms with Crippen molar-refractivity contribution in [1.82, 2.24) is 0 Å². The van der Waals surface area contributed by atoms with Crippen LogP contribution in [0.1, 0.15) is 11.1 Å². The van der Waals surface area contributed by atoms with Crippen molar-refractivity contribution >= 4 is 23.2 Å². The molecular formula is C18H22ClN2O2+. The SMILES string of the molecule is COc1cccc(C[NH+](C)CC(=O)Nc2ccc(C)cc2Cl)c1. The lowest BCUT2D eigenvalue weighted by Crippen LogP contribution is -3.08. The second-order valence-corrected chi connectivity index (χ2v) is 6.10. The van der Waals surface area contributed by atoms with Crippen LogP contribution in [0.25, 0.3) is 0 Å². The van der Waals surface area contributed by atoms with Crippen LogP contribution in [0.5, 0.6) is 5.75 Å². The van der Waals surface area contributed by atoms with Crippen molar-refractivity contribution < 1.29 is 14.4 Å². The Morgan fingerprint density at radius 3 is 2.74 bits per heavy atom. The van der Waals surface area contributed by atoms with E-state index in [1.165, 1.54) is 0 Å². The Kier molecular flexibility index (Phi) is 6.02. The molecule has 1 unspecified atom stereocenters. The third-order valence-electron chi connectivity index (χ3n) is 3.50. The van der Waals surface area contributed by atoms with Crippen molar-refractivity contribution in [2.45, 2.75) is 13.5 Å². The van der Waals surface area contributed by atoms with E-state index in [-0.39, 0.29) is 5.91 Å². The number of rotatable bonds is 6. The molecule has 0 spiro atoms. The van der Waals surface area contributed by atoms with Crippen molar-refractivity contribution in [3.8, 4) is 5.75 Å². The van der Waals surface area contributed by atoms with Gasteiger partial charge < -0.3 is 15.0 Å². The van der Waals surface area contributed by atoms with E-state index in [1.54, 1.807) is 7.11 Å². The minimum Gasteiger partial charge on any atom is -0.497 e. The fourth-order valence-corrected chi connectivity index (χ4v) is 2.67. The highest BCUT2D eigenvalue weighted by atomic mass is 35.5. The molecule has 0 saturated carbocycles. The average molecular weight is 334 g/mol. The van der Waals surface area contributed by atoms with E-state index >= 15 is 0 Å². The monoisotopic (exact) mass is 333 g/mol. The summed E-state index contributed by atoms with van der Waals surface area (Å²) in [4.78, 5) is 13.2. The van der Waals surface area contributed by atoms with Gasteiger partial charge in [-0.05, 0) is 36.8 Å². The van der Waals surface area contributed by atoms with Crippen molar-refractivity contribution in [3.05, 3.63) is 58.6 Å². The number of benzene rings is 2. The van der Waals surface area contributed by atoms with Gasteiger partial charge >= 0.3 is 0 Å². The lowest BCUT2D eigenvalue weighted by Gasteiger charge is -2.15. The molecule has 5 heteroatoms. The van der Waals surface area contributed by atoms with E-state index in [0.29, 0.717) is 17.3 Å². The first-order chi connectivity index (χ1) is 11.0. The van der Waals surface area contributed by atoms with E-state index in [9.17, 15) is 4.79 Å². The summed E-state index contributed by atoms with van der Waals surface area (Å²) in [5.74, 6) is 0.766. The van der Waals surface area contributed by atoms with Crippen LogP contribution < -0.4 is 15.0 Å². The van der Waals surface area contributed by atoms with Crippen LogP contribution in [-0.2, 0) is 11.3 Å². The molecule has 23 heavy (non-hydrogen) atoms. The summed E-state index contributed by atoms with van der Waals surface area (Å²) in [6, 6.07) is 13.5. The summed E-state index contributed by atoms with van der Waals surface area (Å²) < 4.78 is 5.22. The van der Waals surface area contributed by atoms with Gasteiger partial charge in [-0.15, -0.1) is 0 Å². The van der Waals surface area contributed by atoms with Gasteiger partial charge in [0.15, 0.2) is 6.54 Å². The second-order valence-electron chi connectivity index (χ2n) is 5.69. The second kappa shape index (κ2) is 7.99. The molecule has 1 atom stereocenters. The summed E-state index contributed by atoms with van der Waals surface area (Å²) in [5.41, 5.74) is 2.84. The summed E-state index contributed by atoms with van der Waals surface area (Å²) in [7, 11) is 3.63. The maximum absolute atomic E-state index is 12.2. The van der Waals surface area contributed by atoms with Gasteiger partial charge in [0, 0.05) is 5.56 Å². The van der Waals surface area contributed by atoms with Crippen LogP contribution in [0, 0.1) is 6.92 Å². The topological polar surface area (TPSA) is 42.8 Å².